The largest absolute Gasteiger partial charge is 0.135 e. The fraction of sp³-hybridized carbons (Fsp3) is 0.0323. The molecule has 0 radical (unpaired) electrons. The maximum atomic E-state index is 2.39. The number of fused-ring (bicyclic) bond motifs is 3. The quantitative estimate of drug-likeness (QED) is 0.143. The first kappa shape index (κ1) is 38.3. The lowest BCUT2D eigenvalue weighted by atomic mass is 9.79. The predicted octanol–water partition coefficient (Wildman–Crippen LogP) is 18.4. The summed E-state index contributed by atoms with van der Waals surface area (Å²) >= 11 is 3.73. The lowest BCUT2D eigenvalue weighted by Gasteiger charge is -2.24. The number of benzene rings is 9. The maximum absolute atomic E-state index is 2.39. The molecule has 0 amide bonds. The van der Waals surface area contributed by atoms with Gasteiger partial charge >= 0.3 is 0 Å². The van der Waals surface area contributed by atoms with Gasteiger partial charge in [-0.3, -0.25) is 0 Å². The zero-order valence-electron chi connectivity index (χ0n) is 35.2. The minimum absolute atomic E-state index is 1.11. The standard InChI is InChI=1S/C62H42S2/c1-3-15-45(16-4-1)61-59(47-29-25-43(26-30-47)55-35-37-57(63-55)51-33-23-41-13-7-9-19-49(41)39-51)53-21-11-12-22-54(53)60(62(61)46-17-5-2-6-18-46)48-31-27-44(28-32-48)56-36-38-58(64-56)52-34-24-42-14-8-10-20-50(42)40-52/h1-9,11-19,21-40H,10,20H2. The number of hydrogen-bond acceptors (Lipinski definition) is 2. The van der Waals surface area contributed by atoms with E-state index in [1.165, 1.54) is 119 Å². The minimum Gasteiger partial charge on any atom is -0.135 e. The summed E-state index contributed by atoms with van der Waals surface area (Å²) < 4.78 is 0. The molecule has 302 valence electrons. The van der Waals surface area contributed by atoms with Crippen molar-refractivity contribution in [3.8, 4) is 86.3 Å². The van der Waals surface area contributed by atoms with E-state index in [-0.39, 0.29) is 0 Å². The number of aryl methyl sites for hydroxylation is 1. The van der Waals surface area contributed by atoms with E-state index in [1.807, 2.05) is 22.7 Å². The number of thiophene rings is 2. The van der Waals surface area contributed by atoms with Crippen molar-refractivity contribution in [1.82, 2.24) is 0 Å². The molecule has 0 saturated heterocycles. The summed E-state index contributed by atoms with van der Waals surface area (Å²) in [6.45, 7) is 0. The van der Waals surface area contributed by atoms with Crippen molar-refractivity contribution in [3.63, 3.8) is 0 Å². The molecule has 2 heterocycles. The Bertz CT molecular complexity index is 3510. The molecule has 0 spiro atoms. The highest BCUT2D eigenvalue weighted by Crippen LogP contribution is 2.51. The van der Waals surface area contributed by atoms with Crippen LogP contribution < -0.4 is 0 Å². The van der Waals surface area contributed by atoms with Crippen LogP contribution in [0.3, 0.4) is 0 Å². The van der Waals surface area contributed by atoms with Crippen LogP contribution in [0.2, 0.25) is 0 Å². The molecule has 0 N–H and O–H groups in total. The third kappa shape index (κ3) is 7.02. The summed E-state index contributed by atoms with van der Waals surface area (Å²) in [6.07, 6.45) is 6.78. The summed E-state index contributed by atoms with van der Waals surface area (Å²) in [7, 11) is 0. The molecule has 1 aliphatic carbocycles. The molecule has 0 bridgehead atoms. The van der Waals surface area contributed by atoms with Crippen molar-refractivity contribution in [2.24, 2.45) is 0 Å². The van der Waals surface area contributed by atoms with Gasteiger partial charge < -0.3 is 0 Å². The lowest BCUT2D eigenvalue weighted by Crippen LogP contribution is -1.97. The molecule has 2 aromatic heterocycles. The summed E-state index contributed by atoms with van der Waals surface area (Å²) in [5, 5.41) is 5.02. The molecule has 64 heavy (non-hydrogen) atoms. The van der Waals surface area contributed by atoms with Crippen molar-refractivity contribution in [1.29, 1.82) is 0 Å². The van der Waals surface area contributed by atoms with Crippen molar-refractivity contribution in [2.45, 2.75) is 12.8 Å². The van der Waals surface area contributed by atoms with Crippen LogP contribution in [0.4, 0.5) is 0 Å². The molecule has 0 saturated carbocycles. The predicted molar refractivity (Wildman–Crippen MR) is 278 cm³/mol. The van der Waals surface area contributed by atoms with Gasteiger partial charge in [0.05, 0.1) is 0 Å². The van der Waals surface area contributed by atoms with Gasteiger partial charge in [0.1, 0.15) is 0 Å². The first-order valence-electron chi connectivity index (χ1n) is 22.1. The highest BCUT2D eigenvalue weighted by atomic mass is 32.1. The smallest absolute Gasteiger partial charge is 0.0349 e. The molecule has 0 aliphatic heterocycles. The SMILES string of the molecule is C1=Cc2ccc(-c3ccc(-c4ccc(-c5c(-c6ccccc6)c(-c6ccccc6)c(-c6ccc(-c7ccc(-c8ccc9ccccc9c8)s7)cc6)c6ccccc56)cc4)s3)cc2CC1. The van der Waals surface area contributed by atoms with E-state index in [1.54, 1.807) is 0 Å². The number of hydrogen-bond donors (Lipinski definition) is 0. The van der Waals surface area contributed by atoms with Crippen LogP contribution in [0.15, 0.2) is 224 Å². The molecule has 11 aromatic rings. The van der Waals surface area contributed by atoms with Crippen LogP contribution in [0.5, 0.6) is 0 Å². The van der Waals surface area contributed by atoms with Crippen LogP contribution in [0, 0.1) is 0 Å². The normalized spacial score (nSPS) is 12.2. The average Bonchev–Trinajstić information content (AvgIpc) is 4.08. The molecule has 9 aromatic carbocycles. The van der Waals surface area contributed by atoms with E-state index < -0.39 is 0 Å². The van der Waals surface area contributed by atoms with Gasteiger partial charge in [-0.2, -0.15) is 0 Å². The van der Waals surface area contributed by atoms with Gasteiger partial charge in [0.15, 0.2) is 0 Å². The third-order valence-electron chi connectivity index (χ3n) is 12.8. The Balaban J connectivity index is 0.975. The van der Waals surface area contributed by atoms with E-state index in [2.05, 4.69) is 231 Å². The van der Waals surface area contributed by atoms with Crippen LogP contribution in [0.1, 0.15) is 17.5 Å². The van der Waals surface area contributed by atoms with Gasteiger partial charge in [0.25, 0.3) is 0 Å². The van der Waals surface area contributed by atoms with Crippen molar-refractivity contribution in [3.05, 3.63) is 236 Å². The second-order valence-electron chi connectivity index (χ2n) is 16.7. The number of rotatable bonds is 8. The molecule has 12 rings (SSSR count). The summed E-state index contributed by atoms with van der Waals surface area (Å²) in [4.78, 5) is 5.14. The molecular weight excluding hydrogens is 809 g/mol. The third-order valence-corrected chi connectivity index (χ3v) is 15.2. The van der Waals surface area contributed by atoms with E-state index in [0.29, 0.717) is 0 Å². The zero-order chi connectivity index (χ0) is 42.4. The molecule has 1 aliphatic rings. The Morgan fingerprint density at radius 1 is 0.297 bits per heavy atom. The first-order valence-corrected chi connectivity index (χ1v) is 23.7. The monoisotopic (exact) mass is 850 g/mol. The fourth-order valence-corrected chi connectivity index (χ4v) is 11.7. The maximum Gasteiger partial charge on any atom is 0.0349 e. The minimum atomic E-state index is 1.11. The van der Waals surface area contributed by atoms with Gasteiger partial charge in [-0.05, 0) is 149 Å². The molecule has 0 unspecified atom stereocenters. The highest BCUT2D eigenvalue weighted by molar-refractivity contribution is 7.19. The Kier molecular flexibility index (Phi) is 9.82. The Labute approximate surface area is 382 Å². The second kappa shape index (κ2) is 16.4. The van der Waals surface area contributed by atoms with Crippen molar-refractivity contribution >= 4 is 50.3 Å². The summed E-state index contributed by atoms with van der Waals surface area (Å²) in [6, 6.07) is 81.0. The van der Waals surface area contributed by atoms with E-state index in [4.69, 9.17) is 0 Å². The number of allylic oxidation sites excluding steroid dienone is 1. The van der Waals surface area contributed by atoms with Gasteiger partial charge in [-0.15, -0.1) is 22.7 Å². The van der Waals surface area contributed by atoms with Crippen LogP contribution in [-0.4, -0.2) is 0 Å². The first-order chi connectivity index (χ1) is 31.7. The topological polar surface area (TPSA) is 0 Å². The molecule has 0 atom stereocenters. The Hall–Kier alpha value is -7.36. The highest BCUT2D eigenvalue weighted by Gasteiger charge is 2.24. The van der Waals surface area contributed by atoms with Crippen LogP contribution >= 0.6 is 22.7 Å². The average molecular weight is 851 g/mol. The van der Waals surface area contributed by atoms with Crippen LogP contribution in [-0.2, 0) is 6.42 Å². The van der Waals surface area contributed by atoms with Gasteiger partial charge in [-0.1, -0.05) is 194 Å². The molecule has 0 fully saturated rings. The fourth-order valence-electron chi connectivity index (χ4n) is 9.65. The zero-order valence-corrected chi connectivity index (χ0v) is 36.8. The van der Waals surface area contributed by atoms with Gasteiger partial charge in [-0.25, -0.2) is 0 Å². The second-order valence-corrected chi connectivity index (χ2v) is 18.8. The van der Waals surface area contributed by atoms with Crippen molar-refractivity contribution in [2.75, 3.05) is 0 Å². The van der Waals surface area contributed by atoms with Gasteiger partial charge in [0.2, 0.25) is 0 Å². The lowest BCUT2D eigenvalue weighted by molar-refractivity contribution is 0.986. The van der Waals surface area contributed by atoms with Gasteiger partial charge in [0, 0.05) is 19.5 Å². The van der Waals surface area contributed by atoms with E-state index in [9.17, 15) is 0 Å². The van der Waals surface area contributed by atoms with E-state index in [0.717, 1.165) is 12.8 Å². The van der Waals surface area contributed by atoms with Crippen LogP contribution in [0.25, 0.3) is 114 Å². The summed E-state index contributed by atoms with van der Waals surface area (Å²) in [5.74, 6) is 0. The molecule has 2 heteroatoms. The van der Waals surface area contributed by atoms with E-state index >= 15 is 0 Å². The Morgan fingerprint density at radius 3 is 1.28 bits per heavy atom. The van der Waals surface area contributed by atoms with Crippen molar-refractivity contribution < 1.29 is 0 Å². The summed E-state index contributed by atoms with van der Waals surface area (Å²) in [5.41, 5.74) is 17.6. The Morgan fingerprint density at radius 2 is 0.719 bits per heavy atom. The molecular formula is C62H42S2. The molecule has 0 nitrogen and oxygen atoms in total.